The Labute approximate surface area is 156 Å². The molecule has 2 amide bonds. The Kier molecular flexibility index (Phi) is 6.99. The van der Waals surface area contributed by atoms with Gasteiger partial charge in [-0.1, -0.05) is 0 Å². The molecule has 0 saturated carbocycles. The monoisotopic (exact) mass is 377 g/mol. The Morgan fingerprint density at radius 2 is 1.92 bits per heavy atom. The lowest BCUT2D eigenvalue weighted by atomic mass is 10.1. The fourth-order valence-electron chi connectivity index (χ4n) is 2.42. The van der Waals surface area contributed by atoms with Crippen LogP contribution < -0.4 is 20.1 Å². The zero-order chi connectivity index (χ0) is 19.1. The third-order valence-corrected chi connectivity index (χ3v) is 4.57. The molecule has 26 heavy (non-hydrogen) atoms. The molecule has 1 atom stereocenters. The maximum absolute atomic E-state index is 12.2. The lowest BCUT2D eigenvalue weighted by molar-refractivity contribution is -0.136. The van der Waals surface area contributed by atoms with Gasteiger partial charge in [0.1, 0.15) is 11.5 Å². The number of carbonyl (C=O) groups is 2. The molecule has 0 bridgehead atoms. The van der Waals surface area contributed by atoms with Crippen molar-refractivity contribution in [1.82, 2.24) is 10.2 Å². The average Bonchev–Trinajstić information content (AvgIpc) is 3.15. The highest BCUT2D eigenvalue weighted by molar-refractivity contribution is 7.08. The zero-order valence-electron chi connectivity index (χ0n) is 15.2. The molecule has 1 aromatic heterocycles. The number of amides is 2. The second-order valence-corrected chi connectivity index (χ2v) is 6.55. The number of nitrogens with zero attached hydrogens (tertiary/aromatic N) is 1. The number of thiophene rings is 1. The van der Waals surface area contributed by atoms with Crippen molar-refractivity contribution in [3.63, 3.8) is 0 Å². The molecular weight excluding hydrogens is 354 g/mol. The van der Waals surface area contributed by atoms with Crippen LogP contribution in [0.4, 0.5) is 5.69 Å². The van der Waals surface area contributed by atoms with Crippen LogP contribution >= 0.6 is 11.3 Å². The zero-order valence-corrected chi connectivity index (χ0v) is 16.1. The van der Waals surface area contributed by atoms with Crippen molar-refractivity contribution in [1.29, 1.82) is 0 Å². The highest BCUT2D eigenvalue weighted by Gasteiger charge is 2.20. The molecule has 140 valence electrons. The lowest BCUT2D eigenvalue weighted by Gasteiger charge is -2.23. The fraction of sp³-hybridized carbons (Fsp3) is 0.333. The number of anilines is 1. The van der Waals surface area contributed by atoms with Crippen LogP contribution in [-0.4, -0.2) is 51.6 Å². The normalized spacial score (nSPS) is 11.7. The van der Waals surface area contributed by atoms with Crippen LogP contribution in [0.15, 0.2) is 35.0 Å². The molecule has 2 aromatic rings. The molecule has 7 nitrogen and oxygen atoms in total. The Bertz CT molecular complexity index is 747. The molecule has 0 fully saturated rings. The van der Waals surface area contributed by atoms with Crippen molar-refractivity contribution in [2.45, 2.75) is 6.04 Å². The fourth-order valence-corrected chi connectivity index (χ4v) is 3.13. The number of hydrogen-bond donors (Lipinski definition) is 2. The van der Waals surface area contributed by atoms with E-state index in [2.05, 4.69) is 10.6 Å². The van der Waals surface area contributed by atoms with Gasteiger partial charge in [0.15, 0.2) is 0 Å². The Hall–Kier alpha value is -2.58. The van der Waals surface area contributed by atoms with Gasteiger partial charge in [-0.15, -0.1) is 0 Å². The second-order valence-electron chi connectivity index (χ2n) is 5.77. The van der Waals surface area contributed by atoms with E-state index in [1.807, 2.05) is 35.8 Å². The summed E-state index contributed by atoms with van der Waals surface area (Å²) in [4.78, 5) is 26.4. The Balaban J connectivity index is 2.00. The molecule has 0 aliphatic heterocycles. The van der Waals surface area contributed by atoms with Gasteiger partial charge in [0.05, 0.1) is 25.9 Å². The predicted octanol–water partition coefficient (Wildman–Crippen LogP) is 2.12. The summed E-state index contributed by atoms with van der Waals surface area (Å²) in [5.41, 5.74) is 1.46. The number of carbonyl (C=O) groups excluding carboxylic acids is 2. The number of hydrogen-bond acceptors (Lipinski definition) is 6. The van der Waals surface area contributed by atoms with Gasteiger partial charge in [0, 0.05) is 12.6 Å². The molecule has 0 unspecified atom stereocenters. The summed E-state index contributed by atoms with van der Waals surface area (Å²) in [7, 11) is 6.86. The van der Waals surface area contributed by atoms with E-state index in [4.69, 9.17) is 9.47 Å². The number of benzene rings is 1. The molecule has 1 heterocycles. The molecule has 0 saturated heterocycles. The molecule has 0 spiro atoms. The van der Waals surface area contributed by atoms with Crippen molar-refractivity contribution in [2.24, 2.45) is 0 Å². The van der Waals surface area contributed by atoms with Crippen molar-refractivity contribution in [3.05, 3.63) is 40.6 Å². The maximum atomic E-state index is 12.2. The van der Waals surface area contributed by atoms with E-state index in [1.165, 1.54) is 14.2 Å². The minimum Gasteiger partial charge on any atom is -0.497 e. The molecule has 0 aliphatic rings. The van der Waals surface area contributed by atoms with Gasteiger partial charge in [-0.2, -0.15) is 11.3 Å². The van der Waals surface area contributed by atoms with Crippen LogP contribution in [-0.2, 0) is 9.59 Å². The van der Waals surface area contributed by atoms with Gasteiger partial charge in [-0.3, -0.25) is 9.59 Å². The Morgan fingerprint density at radius 1 is 1.15 bits per heavy atom. The second kappa shape index (κ2) is 9.21. The van der Waals surface area contributed by atoms with E-state index in [0.29, 0.717) is 23.7 Å². The highest BCUT2D eigenvalue weighted by atomic mass is 32.1. The summed E-state index contributed by atoms with van der Waals surface area (Å²) in [6, 6.07) is 6.95. The summed E-state index contributed by atoms with van der Waals surface area (Å²) >= 11 is 1.59. The molecule has 1 aromatic carbocycles. The maximum Gasteiger partial charge on any atom is 0.313 e. The number of ether oxygens (including phenoxy) is 2. The van der Waals surface area contributed by atoms with E-state index in [-0.39, 0.29) is 6.04 Å². The lowest BCUT2D eigenvalue weighted by Crippen LogP contribution is -2.40. The van der Waals surface area contributed by atoms with Crippen LogP contribution in [0.3, 0.4) is 0 Å². The van der Waals surface area contributed by atoms with E-state index in [0.717, 1.165) is 5.56 Å². The van der Waals surface area contributed by atoms with Crippen molar-refractivity contribution >= 4 is 28.8 Å². The van der Waals surface area contributed by atoms with E-state index in [9.17, 15) is 9.59 Å². The smallest absolute Gasteiger partial charge is 0.313 e. The summed E-state index contributed by atoms with van der Waals surface area (Å²) in [5.74, 6) is -0.487. The minimum atomic E-state index is -0.764. The highest BCUT2D eigenvalue weighted by Crippen LogP contribution is 2.28. The summed E-state index contributed by atoms with van der Waals surface area (Å²) < 4.78 is 10.3. The molecular formula is C18H23N3O4S. The number of rotatable bonds is 7. The SMILES string of the molecule is COc1ccc(OC)c(NC(=O)C(=O)NC[C@H](c2ccsc2)N(C)C)c1. The molecule has 8 heteroatoms. The van der Waals surface area contributed by atoms with Gasteiger partial charge in [0.2, 0.25) is 0 Å². The first-order chi connectivity index (χ1) is 12.5. The molecule has 2 N–H and O–H groups in total. The Morgan fingerprint density at radius 3 is 2.50 bits per heavy atom. The number of nitrogens with one attached hydrogen (secondary N) is 2. The first-order valence-electron chi connectivity index (χ1n) is 7.96. The van der Waals surface area contributed by atoms with Gasteiger partial charge < -0.3 is 25.0 Å². The summed E-state index contributed by atoms with van der Waals surface area (Å²) in [6.45, 7) is 0.325. The molecule has 0 aliphatic carbocycles. The van der Waals surface area contributed by atoms with Crippen LogP contribution in [0.2, 0.25) is 0 Å². The van der Waals surface area contributed by atoms with Gasteiger partial charge in [0.25, 0.3) is 0 Å². The summed E-state index contributed by atoms with van der Waals surface area (Å²) in [5, 5.41) is 9.24. The third kappa shape index (κ3) is 4.96. The van der Waals surface area contributed by atoms with Crippen LogP contribution in [0.1, 0.15) is 11.6 Å². The first-order valence-corrected chi connectivity index (χ1v) is 8.90. The van der Waals surface area contributed by atoms with Crippen molar-refractivity contribution in [3.8, 4) is 11.5 Å². The predicted molar refractivity (Wildman–Crippen MR) is 102 cm³/mol. The van der Waals surface area contributed by atoms with E-state index in [1.54, 1.807) is 29.5 Å². The van der Waals surface area contributed by atoms with E-state index < -0.39 is 11.8 Å². The topological polar surface area (TPSA) is 79.9 Å². The van der Waals surface area contributed by atoms with Gasteiger partial charge in [-0.05, 0) is 48.6 Å². The van der Waals surface area contributed by atoms with Crippen LogP contribution in [0.5, 0.6) is 11.5 Å². The minimum absolute atomic E-state index is 0.00986. The number of likely N-dealkylation sites (N-methyl/N-ethyl adjacent to an activating group) is 1. The van der Waals surface area contributed by atoms with Gasteiger partial charge >= 0.3 is 11.8 Å². The number of methoxy groups -OCH3 is 2. The van der Waals surface area contributed by atoms with Crippen molar-refractivity contribution < 1.29 is 19.1 Å². The molecule has 0 radical (unpaired) electrons. The largest absolute Gasteiger partial charge is 0.497 e. The van der Waals surface area contributed by atoms with Crippen molar-refractivity contribution in [2.75, 3.05) is 40.2 Å². The standard InChI is InChI=1S/C18H23N3O4S/c1-21(2)15(12-7-8-26-11-12)10-19-17(22)18(23)20-14-9-13(24-3)5-6-16(14)25-4/h5-9,11,15H,10H2,1-4H3,(H,19,22)(H,20,23)/t15-/m1/s1. The van der Waals surface area contributed by atoms with Crippen LogP contribution in [0.25, 0.3) is 0 Å². The van der Waals surface area contributed by atoms with Gasteiger partial charge in [-0.25, -0.2) is 0 Å². The van der Waals surface area contributed by atoms with Crippen LogP contribution in [0, 0.1) is 0 Å². The first kappa shape index (κ1) is 19.7. The third-order valence-electron chi connectivity index (χ3n) is 3.87. The molecule has 2 rings (SSSR count). The summed E-state index contributed by atoms with van der Waals surface area (Å²) in [6.07, 6.45) is 0. The average molecular weight is 377 g/mol. The van der Waals surface area contributed by atoms with E-state index >= 15 is 0 Å². The quantitative estimate of drug-likeness (QED) is 0.723.